The molecule has 2 amide bonds. The van der Waals surface area contributed by atoms with Gasteiger partial charge in [-0.1, -0.05) is 67.1 Å². The summed E-state index contributed by atoms with van der Waals surface area (Å²) in [4.78, 5) is 26.1. The van der Waals surface area contributed by atoms with Crippen LogP contribution in [0.3, 0.4) is 0 Å². The van der Waals surface area contributed by atoms with Gasteiger partial charge in [0.2, 0.25) is 5.55 Å². The molecule has 1 spiro atoms. The number of ether oxygens (including phenoxy) is 2. The number of carbonyl (C=O) groups is 2. The molecule has 1 aromatic heterocycles. The van der Waals surface area contributed by atoms with Crippen LogP contribution in [-0.2, 0) is 16.0 Å². The van der Waals surface area contributed by atoms with Gasteiger partial charge in [0, 0.05) is 17.5 Å². The largest absolute Gasteiger partial charge is 0.487 e. The Hall–Kier alpha value is -4.59. The monoisotopic (exact) mass is 593 g/mol. The summed E-state index contributed by atoms with van der Waals surface area (Å²) < 4.78 is 18.4. The maximum atomic E-state index is 13.5. The van der Waals surface area contributed by atoms with Crippen molar-refractivity contribution in [3.8, 4) is 16.9 Å². The van der Waals surface area contributed by atoms with E-state index < -0.39 is 23.6 Å². The van der Waals surface area contributed by atoms with E-state index >= 15 is 0 Å². The molecule has 44 heavy (non-hydrogen) atoms. The van der Waals surface area contributed by atoms with Crippen molar-refractivity contribution < 1.29 is 23.5 Å². The van der Waals surface area contributed by atoms with E-state index in [2.05, 4.69) is 21.9 Å². The van der Waals surface area contributed by atoms with Gasteiger partial charge < -0.3 is 19.2 Å². The predicted octanol–water partition coefficient (Wildman–Crippen LogP) is 7.33. The summed E-state index contributed by atoms with van der Waals surface area (Å²) in [5.74, 6) is 0.326. The van der Waals surface area contributed by atoms with Crippen LogP contribution in [0.4, 0.5) is 4.79 Å². The summed E-state index contributed by atoms with van der Waals surface area (Å²) in [5, 5.41) is 8.00. The Morgan fingerprint density at radius 3 is 2.32 bits per heavy atom. The van der Waals surface area contributed by atoms with Crippen molar-refractivity contribution in [1.82, 2.24) is 10.7 Å². The molecular weight excluding hydrogens is 554 g/mol. The quantitative estimate of drug-likeness (QED) is 0.236. The molecule has 0 radical (unpaired) electrons. The van der Waals surface area contributed by atoms with Crippen molar-refractivity contribution in [3.05, 3.63) is 95.5 Å². The maximum Gasteiger partial charge on any atom is 0.408 e. The molecule has 6 rings (SSSR count). The molecule has 8 heteroatoms. The third kappa shape index (κ3) is 6.64. The second kappa shape index (κ2) is 12.2. The second-order valence-electron chi connectivity index (χ2n) is 12.7. The van der Waals surface area contributed by atoms with Crippen LogP contribution in [0, 0.1) is 0 Å². The number of aryl methyl sites for hydroxylation is 1. The zero-order valence-corrected chi connectivity index (χ0v) is 25.5. The summed E-state index contributed by atoms with van der Waals surface area (Å²) in [6.45, 7) is 5.30. The minimum Gasteiger partial charge on any atom is -0.487 e. The number of alkyl carbamates (subject to hydrolysis) is 1. The number of benzene rings is 3. The van der Waals surface area contributed by atoms with E-state index in [9.17, 15) is 9.59 Å². The lowest BCUT2D eigenvalue weighted by atomic mass is 9.79. The SMILES string of the molecule is CC(C)(C)OC(=O)N[C@H](C(=O)N/N=c1/cc(-c2ccccc2)c2cc3c(cc2o1)OC1(CCCCC1)CC3)c1ccccc1. The van der Waals surface area contributed by atoms with Crippen molar-refractivity contribution in [2.75, 3.05) is 0 Å². The van der Waals surface area contributed by atoms with Gasteiger partial charge in [0.05, 0.1) is 0 Å². The number of hydrogen-bond donors (Lipinski definition) is 2. The Morgan fingerprint density at radius 1 is 0.909 bits per heavy atom. The van der Waals surface area contributed by atoms with E-state index in [1.165, 1.54) is 24.8 Å². The lowest BCUT2D eigenvalue weighted by Crippen LogP contribution is -2.41. The predicted molar refractivity (Wildman–Crippen MR) is 169 cm³/mol. The van der Waals surface area contributed by atoms with Gasteiger partial charge >= 0.3 is 6.09 Å². The summed E-state index contributed by atoms with van der Waals surface area (Å²) in [5.41, 5.74) is 6.35. The smallest absolute Gasteiger partial charge is 0.408 e. The average Bonchev–Trinajstić information content (AvgIpc) is 3.01. The molecule has 2 heterocycles. The molecule has 2 N–H and O–H groups in total. The second-order valence-corrected chi connectivity index (χ2v) is 12.7. The molecule has 4 aromatic rings. The lowest BCUT2D eigenvalue weighted by Gasteiger charge is -2.41. The third-order valence-electron chi connectivity index (χ3n) is 8.29. The summed E-state index contributed by atoms with van der Waals surface area (Å²) in [6, 6.07) is 24.0. The van der Waals surface area contributed by atoms with Crippen LogP contribution in [0.5, 0.6) is 5.75 Å². The van der Waals surface area contributed by atoms with E-state index in [1.54, 1.807) is 45.0 Å². The molecule has 1 aliphatic heterocycles. The number of rotatable bonds is 5. The van der Waals surface area contributed by atoms with Gasteiger partial charge in [-0.2, -0.15) is 0 Å². The highest BCUT2D eigenvalue weighted by molar-refractivity contribution is 5.94. The van der Waals surface area contributed by atoms with Crippen LogP contribution in [0.15, 0.2) is 88.4 Å². The first-order valence-electron chi connectivity index (χ1n) is 15.4. The Bertz CT molecular complexity index is 1720. The highest BCUT2D eigenvalue weighted by Crippen LogP contribution is 2.44. The van der Waals surface area contributed by atoms with Crippen LogP contribution in [0.1, 0.15) is 76.5 Å². The average molecular weight is 594 g/mol. The number of carbonyl (C=O) groups excluding carboxylic acids is 2. The van der Waals surface area contributed by atoms with Gasteiger partial charge in [-0.15, -0.1) is 5.10 Å². The number of nitrogens with zero attached hydrogens (tertiary/aromatic N) is 1. The Morgan fingerprint density at radius 2 is 1.61 bits per heavy atom. The van der Waals surface area contributed by atoms with E-state index in [-0.39, 0.29) is 11.2 Å². The summed E-state index contributed by atoms with van der Waals surface area (Å²) in [6.07, 6.45) is 7.11. The normalized spacial score (nSPS) is 16.9. The Kier molecular flexibility index (Phi) is 8.17. The number of fused-ring (bicyclic) bond motifs is 2. The van der Waals surface area contributed by atoms with Crippen molar-refractivity contribution in [2.24, 2.45) is 5.10 Å². The lowest BCUT2D eigenvalue weighted by molar-refractivity contribution is -0.123. The van der Waals surface area contributed by atoms with Crippen LogP contribution < -0.4 is 21.0 Å². The van der Waals surface area contributed by atoms with Crippen LogP contribution in [-0.4, -0.2) is 23.2 Å². The molecule has 3 aromatic carbocycles. The molecule has 0 bridgehead atoms. The fourth-order valence-electron chi connectivity index (χ4n) is 6.19. The van der Waals surface area contributed by atoms with Gasteiger partial charge in [-0.05, 0) is 87.6 Å². The first kappa shape index (κ1) is 29.5. The molecule has 8 nitrogen and oxygen atoms in total. The fraction of sp³-hybridized carbons (Fsp3) is 0.361. The van der Waals surface area contributed by atoms with Gasteiger partial charge in [-0.3, -0.25) is 4.79 Å². The van der Waals surface area contributed by atoms with Crippen molar-refractivity contribution in [1.29, 1.82) is 0 Å². The first-order chi connectivity index (χ1) is 21.2. The molecule has 1 saturated carbocycles. The van der Waals surface area contributed by atoms with Crippen molar-refractivity contribution >= 4 is 23.0 Å². The fourth-order valence-corrected chi connectivity index (χ4v) is 6.19. The molecule has 1 atom stereocenters. The van der Waals surface area contributed by atoms with Gasteiger partial charge in [0.25, 0.3) is 5.91 Å². The molecule has 0 unspecified atom stereocenters. The van der Waals surface area contributed by atoms with Gasteiger partial charge in [0.15, 0.2) is 0 Å². The van der Waals surface area contributed by atoms with Crippen molar-refractivity contribution in [2.45, 2.75) is 83.0 Å². The zero-order valence-electron chi connectivity index (χ0n) is 25.5. The topological polar surface area (TPSA) is 102 Å². The minimum absolute atomic E-state index is 0.0925. The van der Waals surface area contributed by atoms with E-state index in [1.807, 2.05) is 48.5 Å². The van der Waals surface area contributed by atoms with E-state index in [0.29, 0.717) is 11.1 Å². The van der Waals surface area contributed by atoms with Gasteiger partial charge in [0.1, 0.15) is 28.6 Å². The van der Waals surface area contributed by atoms with Crippen LogP contribution in [0.2, 0.25) is 0 Å². The van der Waals surface area contributed by atoms with Crippen LogP contribution in [0.25, 0.3) is 22.1 Å². The molecule has 2 aliphatic rings. The highest BCUT2D eigenvalue weighted by atomic mass is 16.6. The number of hydrogen-bond acceptors (Lipinski definition) is 6. The summed E-state index contributed by atoms with van der Waals surface area (Å²) in [7, 11) is 0. The maximum absolute atomic E-state index is 13.5. The minimum atomic E-state index is -1.03. The molecule has 1 fully saturated rings. The van der Waals surface area contributed by atoms with Crippen LogP contribution >= 0.6 is 0 Å². The standard InChI is InChI=1S/C36H39N3O5/c1-35(2,3)44-34(41)37-32(25-15-9-5-10-16-25)33(40)39-38-31-22-27(24-13-7-4-8-14-24)28-21-26-17-20-36(18-11-6-12-19-36)43-29(26)23-30(28)42-31/h4-5,7-10,13-16,21-23,32H,6,11-12,17-20H2,1-3H3,(H,37,41)(H,39,40)/b38-31-/t32-/m0/s1. The summed E-state index contributed by atoms with van der Waals surface area (Å²) >= 11 is 0. The number of amides is 2. The first-order valence-corrected chi connectivity index (χ1v) is 15.4. The van der Waals surface area contributed by atoms with E-state index in [0.717, 1.165) is 47.9 Å². The van der Waals surface area contributed by atoms with Gasteiger partial charge in [-0.25, -0.2) is 10.2 Å². The Balaban J connectivity index is 1.36. The molecule has 1 aliphatic carbocycles. The molecule has 0 saturated heterocycles. The molecular formula is C36H39N3O5. The Labute approximate surface area is 257 Å². The van der Waals surface area contributed by atoms with Crippen molar-refractivity contribution in [3.63, 3.8) is 0 Å². The zero-order chi connectivity index (χ0) is 30.7. The molecule has 228 valence electrons. The number of nitrogens with one attached hydrogen (secondary N) is 2. The van der Waals surface area contributed by atoms with E-state index in [4.69, 9.17) is 13.9 Å². The third-order valence-corrected chi connectivity index (χ3v) is 8.29. The highest BCUT2D eigenvalue weighted by Gasteiger charge is 2.37.